The van der Waals surface area contributed by atoms with Crippen LogP contribution in [-0.2, 0) is 14.3 Å². The molecule has 0 spiro atoms. The van der Waals surface area contributed by atoms with Crippen LogP contribution < -0.4 is 58.5 Å². The third-order valence-corrected chi connectivity index (χ3v) is 27.2. The van der Waals surface area contributed by atoms with Gasteiger partial charge in [0.05, 0.1) is 49.8 Å². The van der Waals surface area contributed by atoms with Gasteiger partial charge in [-0.1, -0.05) is 36.4 Å². The molecule has 3 atom stereocenters. The minimum Gasteiger partial charge on any atom is -0.444 e. The van der Waals surface area contributed by atoms with E-state index in [2.05, 4.69) is 102 Å². The van der Waals surface area contributed by atoms with Crippen molar-refractivity contribution in [2.24, 2.45) is 17.2 Å². The Hall–Kier alpha value is -12.0. The van der Waals surface area contributed by atoms with Crippen molar-refractivity contribution < 1.29 is 52.6 Å². The Morgan fingerprint density at radius 2 is 0.697 bits per heavy atom. The molecule has 0 saturated carbocycles. The third kappa shape index (κ3) is 23.5. The van der Waals surface area contributed by atoms with Crippen LogP contribution in [0, 0.1) is 0 Å². The van der Waals surface area contributed by atoms with Crippen molar-refractivity contribution in [1.29, 1.82) is 0 Å². The third-order valence-electron chi connectivity index (χ3n) is 27.2. The summed E-state index contributed by atoms with van der Waals surface area (Å²) in [6.45, 7) is 30.6. The Kier molecular flexibility index (Phi) is 30.0. The van der Waals surface area contributed by atoms with Gasteiger partial charge in [-0.05, 0) is 229 Å². The quantitative estimate of drug-likeness (QED) is 0.0357. The van der Waals surface area contributed by atoms with Crippen LogP contribution in [0.1, 0.15) is 185 Å². The number of nitrogens with one attached hydrogen (secondary N) is 5. The summed E-state index contributed by atoms with van der Waals surface area (Å²) >= 11 is 0. The number of benzene rings is 3. The Labute approximate surface area is 773 Å². The normalized spacial score (nSPS) is 21.7. The van der Waals surface area contributed by atoms with Crippen molar-refractivity contribution in [2.45, 2.75) is 178 Å². The number of ketones is 1. The van der Waals surface area contributed by atoms with Crippen molar-refractivity contribution >= 4 is 106 Å². The first-order valence-corrected chi connectivity index (χ1v) is 47.1. The van der Waals surface area contributed by atoms with E-state index in [1.807, 2.05) is 93.0 Å². The minimum atomic E-state index is -0.646. The number of anilines is 9. The smallest absolute Gasteiger partial charge is 0.411 e. The first-order chi connectivity index (χ1) is 63.3. The topological polar surface area (TPSA) is 430 Å². The van der Waals surface area contributed by atoms with Gasteiger partial charge in [0.1, 0.15) is 28.7 Å². The van der Waals surface area contributed by atoms with Crippen LogP contribution in [0.3, 0.4) is 0 Å². The number of urea groups is 3. The monoisotopic (exact) mass is 1820 g/mol. The van der Waals surface area contributed by atoms with Crippen molar-refractivity contribution in [2.75, 3.05) is 209 Å². The molecule has 38 heteroatoms. The number of hydrogen-bond donors (Lipinski definition) is 8. The van der Waals surface area contributed by atoms with Crippen molar-refractivity contribution in [3.05, 3.63) is 125 Å². The number of nitrogens with two attached hydrogens (primary N) is 3. The second-order valence-electron chi connectivity index (χ2n) is 38.9. The minimum absolute atomic E-state index is 0.0726. The van der Waals surface area contributed by atoms with Gasteiger partial charge in [0.15, 0.2) is 40.3 Å². The average molecular weight is 1820 g/mol. The largest absolute Gasteiger partial charge is 0.444 e. The van der Waals surface area contributed by atoms with Crippen molar-refractivity contribution in [3.63, 3.8) is 0 Å². The van der Waals surface area contributed by atoms with E-state index in [9.17, 15) is 43.2 Å². The molecule has 18 rings (SSSR count). The molecule has 3 aromatic carbocycles. The SMILES string of the molecule is CC(C)(C)OC(=O)N1CC(=O)C1.CN1CCN([C@@H]2CCCN(c3cnc(C(N)=O)c(Nc4ccc(C5CCN(C6CN(C(=O)OC(C)(C)C)C6)CC5)cc4)n3)C2)C1=O.CN1CCN([C@@H]2CCCN(c3cnc(C(N)=O)c(Nc4ccc(C5CCN(C6CNC6)CC5)cc4)n3)C2)C1=O.CN1CCN([C@@H]2CCCN(c3cnc(C(N)=O)c(Nc4ccc(C5CCNCC5)cc4)n3)C2)C1=O. The molecule has 0 radical (unpaired) electrons. The maximum atomic E-state index is 12.6. The summed E-state index contributed by atoms with van der Waals surface area (Å²) in [5.41, 5.74) is 22.7. The number of primary amides is 3. The molecule has 12 aliphatic rings. The summed E-state index contributed by atoms with van der Waals surface area (Å²) in [5.74, 6) is 2.84. The Balaban J connectivity index is 0.000000143. The fraction of sp³-hybridized carbons (Fsp3) is 0.585. The lowest BCUT2D eigenvalue weighted by Gasteiger charge is -2.47. The van der Waals surface area contributed by atoms with E-state index >= 15 is 0 Å². The number of aromatic nitrogens is 6. The molecule has 11 N–H and O–H groups in total. The number of piperidine rings is 6. The zero-order chi connectivity index (χ0) is 93.2. The number of likely N-dealkylation sites (N-methyl/N-ethyl adjacent to an activating group) is 3. The average Bonchev–Trinajstić information content (AvgIpc) is 0.903. The summed E-state index contributed by atoms with van der Waals surface area (Å²) in [7, 11) is 5.52. The number of carbonyl (C=O) groups excluding carboxylic acids is 9. The molecule has 3 aromatic heterocycles. The molecule has 12 saturated heterocycles. The van der Waals surface area contributed by atoms with Gasteiger partial charge >= 0.3 is 30.3 Å². The Morgan fingerprint density at radius 3 is 0.985 bits per heavy atom. The standard InChI is InChI=1S/C33H47N9O4.C28H39N9O2.C25H34N8O2.C8H13NO3/c1-33(2,3)46-32(45)41-20-26(21-41)39-14-11-23(12-15-39)22-7-9-24(10-8-22)36-30-28(29(34)43)35-18-27(37-30)40-13-5-6-25(19-40)42-17-16-38(4)31(42)44;1-34-13-14-37(28(34)39)22-3-2-10-36(18-22)24-17-31-25(26(29)38)27(33-24)32-21-6-4-19(5-7-21)20-8-11-35(12-9-20)23-15-30-16-23;1-31-13-14-33(25(31)35)20-3-2-12-32(16-20)21-15-28-22(23(26)34)24(30-21)29-19-6-4-17(5-7-19)18-8-10-27-11-9-18;1-8(2,3)12-7(11)9-4-6(10)5-9/h7-10,18,23,25-26H,5-6,11-17,19-21H2,1-4H3,(H2,34,43)(H,36,37);4-7,17,20,22-23,30H,2-3,8-16,18H2,1H3,(H2,29,38)(H,32,33);4-7,15,18,20,27H,2-3,8-14,16H2,1H3,(H2,26,34)(H,29,30);4-5H2,1-3H3/t25-;22-;20-;/m111./s1. The van der Waals surface area contributed by atoms with Gasteiger partial charge in [-0.15, -0.1) is 0 Å². The van der Waals surface area contributed by atoms with Gasteiger partial charge in [-0.25, -0.2) is 53.9 Å². The summed E-state index contributed by atoms with van der Waals surface area (Å²) in [4.78, 5) is 161. The lowest BCUT2D eigenvalue weighted by atomic mass is 9.88. The van der Waals surface area contributed by atoms with Crippen LogP contribution in [-0.4, -0.2) is 352 Å². The van der Waals surface area contributed by atoms with Gasteiger partial charge in [0.25, 0.3) is 17.7 Å². The number of likely N-dealkylation sites (tertiary alicyclic amines) is 4. The highest BCUT2D eigenvalue weighted by Gasteiger charge is 2.42. The van der Waals surface area contributed by atoms with Crippen LogP contribution in [0.2, 0.25) is 0 Å². The fourth-order valence-corrected chi connectivity index (χ4v) is 19.5. The summed E-state index contributed by atoms with van der Waals surface area (Å²) in [5, 5.41) is 16.6. The number of carbonyl (C=O) groups is 9. The van der Waals surface area contributed by atoms with Crippen LogP contribution in [0.15, 0.2) is 91.4 Å². The maximum absolute atomic E-state index is 12.6. The molecule has 12 fully saturated rings. The van der Waals surface area contributed by atoms with E-state index in [0.29, 0.717) is 84.4 Å². The highest BCUT2D eigenvalue weighted by atomic mass is 16.6. The molecule has 12 aliphatic heterocycles. The van der Waals surface area contributed by atoms with E-state index in [-0.39, 0.29) is 78.3 Å². The lowest BCUT2D eigenvalue weighted by molar-refractivity contribution is -0.128. The summed E-state index contributed by atoms with van der Waals surface area (Å²) in [6, 6.07) is 26.8. The van der Waals surface area contributed by atoms with Crippen molar-refractivity contribution in [3.8, 4) is 0 Å². The summed E-state index contributed by atoms with van der Waals surface area (Å²) < 4.78 is 10.5. The number of Topliss-reactive ketones (excluding diaryl/α,β-unsaturated/α-hetero) is 1. The van der Waals surface area contributed by atoms with E-state index in [4.69, 9.17) is 41.6 Å². The molecule has 15 heterocycles. The van der Waals surface area contributed by atoms with Gasteiger partial charge in [0.2, 0.25) is 0 Å². The van der Waals surface area contributed by atoms with Crippen LogP contribution >= 0.6 is 0 Å². The Bertz CT molecular complexity index is 5060. The number of nitrogens with zero attached hydrogens (tertiary/aromatic N) is 19. The molecule has 6 aromatic rings. The molecular formula is C94H133N27O11. The molecule has 710 valence electrons. The molecule has 0 bridgehead atoms. The molecular weight excluding hydrogens is 1680 g/mol. The predicted octanol–water partition coefficient (Wildman–Crippen LogP) is 8.19. The zero-order valence-corrected chi connectivity index (χ0v) is 78.0. The first-order valence-electron chi connectivity index (χ1n) is 47.1. The van der Waals surface area contributed by atoms with Crippen LogP contribution in [0.25, 0.3) is 0 Å². The number of rotatable bonds is 20. The lowest BCUT2D eigenvalue weighted by Crippen LogP contribution is -2.62. The maximum Gasteiger partial charge on any atom is 0.411 e. The second kappa shape index (κ2) is 41.8. The van der Waals surface area contributed by atoms with E-state index in [1.54, 1.807) is 59.0 Å². The fourth-order valence-electron chi connectivity index (χ4n) is 19.5. The van der Waals surface area contributed by atoms with Gasteiger partial charge < -0.3 is 102 Å². The highest BCUT2D eigenvalue weighted by Crippen LogP contribution is 2.38. The van der Waals surface area contributed by atoms with Crippen LogP contribution in [0.4, 0.5) is 75.9 Å². The van der Waals surface area contributed by atoms with E-state index in [0.717, 1.165) is 206 Å². The molecule has 0 aliphatic carbocycles. The predicted molar refractivity (Wildman–Crippen MR) is 504 cm³/mol. The molecule has 11 amide bonds. The zero-order valence-electron chi connectivity index (χ0n) is 78.0. The second-order valence-corrected chi connectivity index (χ2v) is 38.9. The Morgan fingerprint density at radius 1 is 0.379 bits per heavy atom. The summed E-state index contributed by atoms with van der Waals surface area (Å²) in [6.07, 6.45) is 16.7. The highest BCUT2D eigenvalue weighted by molar-refractivity contribution is 5.98. The molecule has 0 unspecified atom stereocenters. The number of hydrogen-bond acceptors (Lipinski definition) is 27. The van der Waals surface area contributed by atoms with Gasteiger partial charge in [-0.3, -0.25) is 33.9 Å². The van der Waals surface area contributed by atoms with Crippen LogP contribution in [0.5, 0.6) is 0 Å². The number of amides is 11. The van der Waals surface area contributed by atoms with E-state index < -0.39 is 35.0 Å². The molecule has 38 nitrogen and oxygen atoms in total. The van der Waals surface area contributed by atoms with Gasteiger partial charge in [-0.2, -0.15) is 0 Å². The molecule has 132 heavy (non-hydrogen) atoms. The van der Waals surface area contributed by atoms with Gasteiger partial charge in [0, 0.05) is 155 Å². The van der Waals surface area contributed by atoms with Crippen molar-refractivity contribution in [1.82, 2.24) is 89.5 Å². The number of ether oxygens (including phenoxy) is 2. The van der Waals surface area contributed by atoms with E-state index in [1.165, 1.54) is 34.4 Å². The first kappa shape index (κ1) is 94.6.